The molecule has 0 fully saturated rings. The van der Waals surface area contributed by atoms with Gasteiger partial charge in [0.1, 0.15) is 0 Å². The Kier molecular flexibility index (Phi) is 5.15. The minimum atomic E-state index is -1.64. The van der Waals surface area contributed by atoms with Crippen LogP contribution in [0, 0.1) is 17.5 Å². The third-order valence-electron chi connectivity index (χ3n) is 2.40. The van der Waals surface area contributed by atoms with Gasteiger partial charge in [-0.25, -0.2) is 13.2 Å². The summed E-state index contributed by atoms with van der Waals surface area (Å²) in [5.41, 5.74) is -0.502. The number of nitrogens with one attached hydrogen (secondary N) is 2. The van der Waals surface area contributed by atoms with Crippen LogP contribution in [0.15, 0.2) is 12.1 Å². The summed E-state index contributed by atoms with van der Waals surface area (Å²) in [6, 6.07) is 1.65. The van der Waals surface area contributed by atoms with Crippen molar-refractivity contribution in [2.45, 2.75) is 19.9 Å². The first-order chi connectivity index (χ1) is 8.47. The van der Waals surface area contributed by atoms with Crippen molar-refractivity contribution in [3.63, 3.8) is 0 Å². The first-order valence-electron chi connectivity index (χ1n) is 5.62. The zero-order valence-corrected chi connectivity index (χ0v) is 10.2. The highest BCUT2D eigenvalue weighted by atomic mass is 19.2. The molecule has 0 unspecified atom stereocenters. The number of benzene rings is 1. The number of likely N-dealkylation sites (N-methyl/N-ethyl adjacent to an activating group) is 1. The SMILES string of the molecule is CCN[C@H](C)CNC(=O)c1ccc(F)c(F)c1F. The van der Waals surface area contributed by atoms with Crippen LogP contribution < -0.4 is 10.6 Å². The first-order valence-corrected chi connectivity index (χ1v) is 5.62. The molecule has 0 saturated carbocycles. The number of carbonyl (C=O) groups excluding carboxylic acids is 1. The largest absolute Gasteiger partial charge is 0.350 e. The van der Waals surface area contributed by atoms with Gasteiger partial charge >= 0.3 is 0 Å². The lowest BCUT2D eigenvalue weighted by Crippen LogP contribution is -2.39. The van der Waals surface area contributed by atoms with Crippen LogP contribution in [0.25, 0.3) is 0 Å². The summed E-state index contributed by atoms with van der Waals surface area (Å²) in [5.74, 6) is -5.19. The van der Waals surface area contributed by atoms with Crippen LogP contribution in [0.2, 0.25) is 0 Å². The number of carbonyl (C=O) groups is 1. The summed E-state index contributed by atoms with van der Waals surface area (Å²) in [6.45, 7) is 4.75. The summed E-state index contributed by atoms with van der Waals surface area (Å²) in [7, 11) is 0. The maximum absolute atomic E-state index is 13.3. The lowest BCUT2D eigenvalue weighted by Gasteiger charge is -2.13. The molecule has 0 aromatic heterocycles. The van der Waals surface area contributed by atoms with Crippen molar-refractivity contribution in [1.82, 2.24) is 10.6 Å². The van der Waals surface area contributed by atoms with E-state index in [1.54, 1.807) is 0 Å². The van der Waals surface area contributed by atoms with Crippen molar-refractivity contribution in [2.24, 2.45) is 0 Å². The van der Waals surface area contributed by atoms with E-state index in [0.717, 1.165) is 18.7 Å². The summed E-state index contributed by atoms with van der Waals surface area (Å²) >= 11 is 0. The highest BCUT2D eigenvalue weighted by Gasteiger charge is 2.18. The van der Waals surface area contributed by atoms with E-state index < -0.39 is 28.9 Å². The summed E-state index contributed by atoms with van der Waals surface area (Å²) < 4.78 is 38.9. The Labute approximate surface area is 103 Å². The second-order valence-corrected chi connectivity index (χ2v) is 3.89. The minimum Gasteiger partial charge on any atom is -0.350 e. The lowest BCUT2D eigenvalue weighted by molar-refractivity contribution is 0.0945. The van der Waals surface area contributed by atoms with Gasteiger partial charge in [0.05, 0.1) is 5.56 Å². The molecular formula is C12H15F3N2O. The van der Waals surface area contributed by atoms with E-state index in [0.29, 0.717) is 0 Å². The molecule has 6 heteroatoms. The van der Waals surface area contributed by atoms with Gasteiger partial charge in [-0.2, -0.15) is 0 Å². The van der Waals surface area contributed by atoms with Gasteiger partial charge in [-0.05, 0) is 25.6 Å². The molecule has 1 aromatic carbocycles. The van der Waals surface area contributed by atoms with Gasteiger partial charge in [-0.3, -0.25) is 4.79 Å². The van der Waals surface area contributed by atoms with Crippen LogP contribution in [0.4, 0.5) is 13.2 Å². The van der Waals surface area contributed by atoms with Crippen LogP contribution in [-0.4, -0.2) is 25.0 Å². The molecule has 0 radical (unpaired) electrons. The molecular weight excluding hydrogens is 245 g/mol. The normalized spacial score (nSPS) is 12.3. The molecule has 2 N–H and O–H groups in total. The van der Waals surface area contributed by atoms with Gasteiger partial charge in [0.15, 0.2) is 17.5 Å². The predicted molar refractivity (Wildman–Crippen MR) is 61.8 cm³/mol. The van der Waals surface area contributed by atoms with Crippen LogP contribution in [0.3, 0.4) is 0 Å². The van der Waals surface area contributed by atoms with E-state index in [2.05, 4.69) is 10.6 Å². The third-order valence-corrected chi connectivity index (χ3v) is 2.40. The van der Waals surface area contributed by atoms with Gasteiger partial charge in [0.2, 0.25) is 0 Å². The fraction of sp³-hybridized carbons (Fsp3) is 0.417. The highest BCUT2D eigenvalue weighted by molar-refractivity contribution is 5.94. The van der Waals surface area contributed by atoms with E-state index in [1.165, 1.54) is 0 Å². The second kappa shape index (κ2) is 6.39. The monoisotopic (exact) mass is 260 g/mol. The number of hydrogen-bond acceptors (Lipinski definition) is 2. The van der Waals surface area contributed by atoms with Crippen LogP contribution >= 0.6 is 0 Å². The molecule has 0 aliphatic heterocycles. The van der Waals surface area contributed by atoms with Crippen molar-refractivity contribution < 1.29 is 18.0 Å². The Morgan fingerprint density at radius 2 is 1.94 bits per heavy atom. The first kappa shape index (κ1) is 14.5. The molecule has 3 nitrogen and oxygen atoms in total. The van der Waals surface area contributed by atoms with Gasteiger partial charge in [0, 0.05) is 12.6 Å². The minimum absolute atomic E-state index is 0.00677. The Hall–Kier alpha value is -1.56. The summed E-state index contributed by atoms with van der Waals surface area (Å²) in [4.78, 5) is 11.6. The molecule has 0 saturated heterocycles. The van der Waals surface area contributed by atoms with Crippen molar-refractivity contribution in [3.05, 3.63) is 35.1 Å². The van der Waals surface area contributed by atoms with Crippen molar-refractivity contribution in [1.29, 1.82) is 0 Å². The van der Waals surface area contributed by atoms with Crippen LogP contribution in [0.1, 0.15) is 24.2 Å². The van der Waals surface area contributed by atoms with Crippen LogP contribution in [-0.2, 0) is 0 Å². The quantitative estimate of drug-likeness (QED) is 0.793. The van der Waals surface area contributed by atoms with Gasteiger partial charge < -0.3 is 10.6 Å². The van der Waals surface area contributed by atoms with Crippen molar-refractivity contribution in [3.8, 4) is 0 Å². The Morgan fingerprint density at radius 3 is 2.56 bits per heavy atom. The predicted octanol–water partition coefficient (Wildman–Crippen LogP) is 1.83. The van der Waals surface area contributed by atoms with Gasteiger partial charge in [0.25, 0.3) is 5.91 Å². The summed E-state index contributed by atoms with van der Waals surface area (Å²) in [6.07, 6.45) is 0. The lowest BCUT2D eigenvalue weighted by atomic mass is 10.2. The van der Waals surface area contributed by atoms with Gasteiger partial charge in [-0.15, -0.1) is 0 Å². The molecule has 1 atom stereocenters. The number of amides is 1. The van der Waals surface area contributed by atoms with E-state index >= 15 is 0 Å². The molecule has 1 aromatic rings. The molecule has 100 valence electrons. The maximum Gasteiger partial charge on any atom is 0.254 e. The van der Waals surface area contributed by atoms with E-state index in [1.807, 2.05) is 13.8 Å². The smallest absolute Gasteiger partial charge is 0.254 e. The second-order valence-electron chi connectivity index (χ2n) is 3.89. The zero-order chi connectivity index (χ0) is 13.7. The third kappa shape index (κ3) is 3.46. The molecule has 0 aliphatic carbocycles. The number of rotatable bonds is 5. The fourth-order valence-corrected chi connectivity index (χ4v) is 1.46. The Balaban J connectivity index is 2.71. The molecule has 0 aliphatic rings. The topological polar surface area (TPSA) is 41.1 Å². The average molecular weight is 260 g/mol. The highest BCUT2D eigenvalue weighted by Crippen LogP contribution is 2.14. The molecule has 0 heterocycles. The maximum atomic E-state index is 13.3. The molecule has 0 spiro atoms. The Morgan fingerprint density at radius 1 is 1.28 bits per heavy atom. The van der Waals surface area contributed by atoms with E-state index in [4.69, 9.17) is 0 Å². The number of halogens is 3. The standard InChI is InChI=1S/C12H15F3N2O/c1-3-16-7(2)6-17-12(18)8-4-5-9(13)11(15)10(8)14/h4-5,7,16H,3,6H2,1-2H3,(H,17,18)/t7-/m1/s1. The number of hydrogen-bond donors (Lipinski definition) is 2. The molecule has 0 bridgehead atoms. The van der Waals surface area contributed by atoms with E-state index in [-0.39, 0.29) is 12.6 Å². The fourth-order valence-electron chi connectivity index (χ4n) is 1.46. The molecule has 1 amide bonds. The average Bonchev–Trinajstić information content (AvgIpc) is 2.34. The zero-order valence-electron chi connectivity index (χ0n) is 10.2. The summed E-state index contributed by atoms with van der Waals surface area (Å²) in [5, 5.41) is 5.49. The van der Waals surface area contributed by atoms with E-state index in [9.17, 15) is 18.0 Å². The van der Waals surface area contributed by atoms with Gasteiger partial charge in [-0.1, -0.05) is 6.92 Å². The van der Waals surface area contributed by atoms with Crippen LogP contribution in [0.5, 0.6) is 0 Å². The Bertz CT molecular complexity index is 438. The molecule has 18 heavy (non-hydrogen) atoms. The molecule has 1 rings (SSSR count). The van der Waals surface area contributed by atoms with Crippen molar-refractivity contribution >= 4 is 5.91 Å². The van der Waals surface area contributed by atoms with Crippen molar-refractivity contribution in [2.75, 3.05) is 13.1 Å².